The fraction of sp³-hybridized carbons (Fsp3) is 0.533. The number of ether oxygens (including phenoxy) is 1. The third-order valence-corrected chi connectivity index (χ3v) is 3.97. The van der Waals surface area contributed by atoms with E-state index < -0.39 is 0 Å². The van der Waals surface area contributed by atoms with Crippen LogP contribution in [0, 0.1) is 5.92 Å². The molecule has 110 valence electrons. The number of benzene rings is 1. The average Bonchev–Trinajstić information content (AvgIpc) is 2.47. The highest BCUT2D eigenvalue weighted by Gasteiger charge is 2.21. The maximum atomic E-state index is 12.5. The summed E-state index contributed by atoms with van der Waals surface area (Å²) in [5.41, 5.74) is 0.563. The fourth-order valence-corrected chi connectivity index (χ4v) is 2.74. The number of carbonyl (C=O) groups excluding carboxylic acids is 1. The number of nitrogens with zero attached hydrogens (tertiary/aromatic N) is 1. The minimum Gasteiger partial charge on any atom is -0.496 e. The molecule has 1 aromatic carbocycles. The molecule has 0 aliphatic carbocycles. The first-order valence-electron chi connectivity index (χ1n) is 6.91. The van der Waals surface area contributed by atoms with Crippen molar-refractivity contribution in [2.45, 2.75) is 12.8 Å². The number of hydrogen-bond donors (Lipinski definition) is 1. The van der Waals surface area contributed by atoms with Gasteiger partial charge < -0.3 is 15.0 Å². The van der Waals surface area contributed by atoms with Gasteiger partial charge in [0, 0.05) is 18.6 Å². The van der Waals surface area contributed by atoms with Crippen LogP contribution in [0.4, 0.5) is 0 Å². The highest BCUT2D eigenvalue weighted by Crippen LogP contribution is 2.25. The molecule has 20 heavy (non-hydrogen) atoms. The van der Waals surface area contributed by atoms with Crippen molar-refractivity contribution in [3.05, 3.63) is 28.8 Å². The lowest BCUT2D eigenvalue weighted by Crippen LogP contribution is -2.37. The average molecular weight is 297 g/mol. The van der Waals surface area contributed by atoms with Gasteiger partial charge in [-0.1, -0.05) is 11.6 Å². The molecule has 0 radical (unpaired) electrons. The smallest absolute Gasteiger partial charge is 0.257 e. The number of piperidine rings is 1. The Morgan fingerprint density at radius 3 is 2.80 bits per heavy atom. The van der Waals surface area contributed by atoms with Crippen LogP contribution in [0.1, 0.15) is 23.2 Å². The van der Waals surface area contributed by atoms with Crippen molar-refractivity contribution in [2.75, 3.05) is 33.8 Å². The lowest BCUT2D eigenvalue weighted by atomic mass is 9.97. The summed E-state index contributed by atoms with van der Waals surface area (Å²) >= 11 is 5.92. The van der Waals surface area contributed by atoms with Gasteiger partial charge in [-0.05, 0) is 50.0 Å². The first-order valence-corrected chi connectivity index (χ1v) is 7.29. The molecule has 4 nitrogen and oxygen atoms in total. The summed E-state index contributed by atoms with van der Waals surface area (Å²) in [5, 5.41) is 3.90. The number of carbonyl (C=O) groups is 1. The Morgan fingerprint density at radius 1 is 1.45 bits per heavy atom. The van der Waals surface area contributed by atoms with Crippen LogP contribution in [-0.2, 0) is 0 Å². The van der Waals surface area contributed by atoms with E-state index in [0.717, 1.165) is 32.5 Å². The molecular formula is C15H21ClN2O2. The molecule has 0 spiro atoms. The van der Waals surface area contributed by atoms with Gasteiger partial charge in [0.1, 0.15) is 5.75 Å². The van der Waals surface area contributed by atoms with E-state index in [1.54, 1.807) is 30.2 Å². The van der Waals surface area contributed by atoms with Gasteiger partial charge in [-0.25, -0.2) is 0 Å². The number of nitrogens with one attached hydrogen (secondary N) is 1. The molecule has 1 heterocycles. The molecule has 0 atom stereocenters. The van der Waals surface area contributed by atoms with Gasteiger partial charge in [-0.15, -0.1) is 0 Å². The molecule has 1 amide bonds. The van der Waals surface area contributed by atoms with E-state index in [0.29, 0.717) is 22.3 Å². The second kappa shape index (κ2) is 6.95. The Morgan fingerprint density at radius 2 is 2.15 bits per heavy atom. The number of hydrogen-bond acceptors (Lipinski definition) is 3. The van der Waals surface area contributed by atoms with Crippen molar-refractivity contribution >= 4 is 17.5 Å². The van der Waals surface area contributed by atoms with Crippen LogP contribution in [0.2, 0.25) is 5.02 Å². The van der Waals surface area contributed by atoms with Gasteiger partial charge >= 0.3 is 0 Å². The molecule has 1 aromatic rings. The van der Waals surface area contributed by atoms with Crippen LogP contribution in [-0.4, -0.2) is 44.6 Å². The van der Waals surface area contributed by atoms with Gasteiger partial charge in [0.15, 0.2) is 0 Å². The van der Waals surface area contributed by atoms with Crippen molar-refractivity contribution in [2.24, 2.45) is 5.92 Å². The molecule has 1 aliphatic heterocycles. The number of halogens is 1. The van der Waals surface area contributed by atoms with E-state index in [1.807, 2.05) is 7.05 Å². The van der Waals surface area contributed by atoms with Gasteiger partial charge in [0.25, 0.3) is 5.91 Å². The predicted molar refractivity (Wildman–Crippen MR) is 80.6 cm³/mol. The fourth-order valence-electron chi connectivity index (χ4n) is 2.58. The van der Waals surface area contributed by atoms with Gasteiger partial charge in [0.2, 0.25) is 0 Å². The minimum absolute atomic E-state index is 0.0166. The first-order chi connectivity index (χ1) is 9.61. The Labute approximate surface area is 125 Å². The minimum atomic E-state index is -0.0166. The molecule has 1 N–H and O–H groups in total. The SMILES string of the molecule is COc1cc(Cl)ccc1C(=O)N(C)CC1CCNCC1. The van der Waals surface area contributed by atoms with Crippen LogP contribution < -0.4 is 10.1 Å². The van der Waals surface area contributed by atoms with Crippen LogP contribution in [0.25, 0.3) is 0 Å². The summed E-state index contributed by atoms with van der Waals surface area (Å²) in [6, 6.07) is 5.12. The zero-order chi connectivity index (χ0) is 14.5. The van der Waals surface area contributed by atoms with Crippen molar-refractivity contribution in [1.29, 1.82) is 0 Å². The zero-order valence-electron chi connectivity index (χ0n) is 12.0. The molecule has 0 bridgehead atoms. The zero-order valence-corrected chi connectivity index (χ0v) is 12.7. The lowest BCUT2D eigenvalue weighted by molar-refractivity contribution is 0.0759. The van der Waals surface area contributed by atoms with Crippen LogP contribution >= 0.6 is 11.6 Å². The van der Waals surface area contributed by atoms with E-state index in [1.165, 1.54) is 0 Å². The van der Waals surface area contributed by atoms with E-state index in [9.17, 15) is 4.79 Å². The van der Waals surface area contributed by atoms with Crippen molar-refractivity contribution in [1.82, 2.24) is 10.2 Å². The molecule has 5 heteroatoms. The van der Waals surface area contributed by atoms with Crippen LogP contribution in [0.5, 0.6) is 5.75 Å². The summed E-state index contributed by atoms with van der Waals surface area (Å²) in [6.45, 7) is 2.86. The number of methoxy groups -OCH3 is 1. The van der Waals surface area contributed by atoms with Gasteiger partial charge in [-0.3, -0.25) is 4.79 Å². The molecule has 2 rings (SSSR count). The molecule has 0 saturated carbocycles. The molecule has 0 aromatic heterocycles. The van der Waals surface area contributed by atoms with Crippen molar-refractivity contribution in [3.63, 3.8) is 0 Å². The second-order valence-electron chi connectivity index (χ2n) is 5.22. The summed E-state index contributed by atoms with van der Waals surface area (Å²) in [6.07, 6.45) is 2.24. The van der Waals surface area contributed by atoms with Gasteiger partial charge in [0.05, 0.1) is 12.7 Å². The maximum absolute atomic E-state index is 12.5. The van der Waals surface area contributed by atoms with Crippen molar-refractivity contribution in [3.8, 4) is 5.75 Å². The Kier molecular flexibility index (Phi) is 5.26. The third-order valence-electron chi connectivity index (χ3n) is 3.73. The van der Waals surface area contributed by atoms with Crippen molar-refractivity contribution < 1.29 is 9.53 Å². The third kappa shape index (κ3) is 3.64. The second-order valence-corrected chi connectivity index (χ2v) is 5.66. The first kappa shape index (κ1) is 15.1. The normalized spacial score (nSPS) is 15.9. The standard InChI is InChI=1S/C15H21ClN2O2/c1-18(10-11-5-7-17-8-6-11)15(19)13-4-3-12(16)9-14(13)20-2/h3-4,9,11,17H,5-8,10H2,1-2H3. The quantitative estimate of drug-likeness (QED) is 0.928. The Hall–Kier alpha value is -1.26. The molecule has 1 saturated heterocycles. The molecule has 1 fully saturated rings. The monoisotopic (exact) mass is 296 g/mol. The van der Waals surface area contributed by atoms with Crippen LogP contribution in [0.15, 0.2) is 18.2 Å². The lowest BCUT2D eigenvalue weighted by Gasteiger charge is -2.28. The number of rotatable bonds is 4. The Balaban J connectivity index is 2.05. The highest BCUT2D eigenvalue weighted by atomic mass is 35.5. The van der Waals surface area contributed by atoms with Gasteiger partial charge in [-0.2, -0.15) is 0 Å². The number of amides is 1. The molecule has 0 unspecified atom stereocenters. The van der Waals surface area contributed by atoms with E-state index in [-0.39, 0.29) is 5.91 Å². The maximum Gasteiger partial charge on any atom is 0.257 e. The topological polar surface area (TPSA) is 41.6 Å². The van der Waals surface area contributed by atoms with E-state index >= 15 is 0 Å². The van der Waals surface area contributed by atoms with E-state index in [4.69, 9.17) is 16.3 Å². The molecular weight excluding hydrogens is 276 g/mol. The van der Waals surface area contributed by atoms with Crippen LogP contribution in [0.3, 0.4) is 0 Å². The van der Waals surface area contributed by atoms with E-state index in [2.05, 4.69) is 5.32 Å². The summed E-state index contributed by atoms with van der Waals surface area (Å²) in [5.74, 6) is 1.08. The predicted octanol–water partition coefficient (Wildman–Crippen LogP) is 2.42. The summed E-state index contributed by atoms with van der Waals surface area (Å²) in [7, 11) is 3.40. The summed E-state index contributed by atoms with van der Waals surface area (Å²) in [4.78, 5) is 14.3. The highest BCUT2D eigenvalue weighted by molar-refractivity contribution is 6.30. The summed E-state index contributed by atoms with van der Waals surface area (Å²) < 4.78 is 5.25. The largest absolute Gasteiger partial charge is 0.496 e. The Bertz CT molecular complexity index is 473. The molecule has 1 aliphatic rings.